The number of aromatic nitrogens is 3. The first-order chi connectivity index (χ1) is 11.9. The number of amides is 1. The number of rotatable bonds is 4. The van der Waals surface area contributed by atoms with Crippen LogP contribution >= 0.6 is 11.6 Å². The van der Waals surface area contributed by atoms with Crippen LogP contribution in [-0.2, 0) is 11.2 Å². The van der Waals surface area contributed by atoms with E-state index in [2.05, 4.69) is 10.3 Å². The molecule has 1 amide bonds. The molecule has 7 nitrogen and oxygen atoms in total. The van der Waals surface area contributed by atoms with Crippen molar-refractivity contribution in [3.63, 3.8) is 0 Å². The quantitative estimate of drug-likeness (QED) is 0.902. The van der Waals surface area contributed by atoms with Crippen LogP contribution in [0.3, 0.4) is 0 Å². The summed E-state index contributed by atoms with van der Waals surface area (Å²) >= 11 is 6.04. The van der Waals surface area contributed by atoms with Crippen molar-refractivity contribution >= 4 is 23.5 Å². The third-order valence-electron chi connectivity index (χ3n) is 4.69. The van der Waals surface area contributed by atoms with Crippen molar-refractivity contribution in [1.29, 1.82) is 0 Å². The van der Waals surface area contributed by atoms with E-state index in [1.165, 1.54) is 0 Å². The minimum Gasteiger partial charge on any atom is -0.481 e. The molecule has 0 radical (unpaired) electrons. The van der Waals surface area contributed by atoms with Crippen molar-refractivity contribution in [2.45, 2.75) is 32.7 Å². The highest BCUT2D eigenvalue weighted by atomic mass is 35.5. The molecule has 1 aliphatic rings. The lowest BCUT2D eigenvalue weighted by atomic mass is 10.0. The number of hydrogen-bond acceptors (Lipinski definition) is 4. The third-order valence-corrected chi connectivity index (χ3v) is 4.92. The van der Waals surface area contributed by atoms with Crippen LogP contribution in [0.4, 0.5) is 0 Å². The molecule has 1 aliphatic heterocycles. The molecular weight excluding hydrogens is 344 g/mol. The second-order valence-electron chi connectivity index (χ2n) is 6.10. The number of likely N-dealkylation sites (tertiary alicyclic amines) is 1. The number of carboxylic acid groups (broad SMARTS) is 1. The molecule has 0 aliphatic carbocycles. The molecule has 2 unspecified atom stereocenters. The topological polar surface area (TPSA) is 88.3 Å². The van der Waals surface area contributed by atoms with Gasteiger partial charge in [-0.2, -0.15) is 0 Å². The van der Waals surface area contributed by atoms with Crippen molar-refractivity contribution in [3.8, 4) is 5.69 Å². The van der Waals surface area contributed by atoms with Gasteiger partial charge in [0.05, 0.1) is 17.3 Å². The number of aliphatic carboxylic acids is 1. The van der Waals surface area contributed by atoms with Gasteiger partial charge < -0.3 is 10.0 Å². The van der Waals surface area contributed by atoms with Crippen molar-refractivity contribution in [2.24, 2.45) is 5.92 Å². The minimum absolute atomic E-state index is 0.264. The van der Waals surface area contributed by atoms with E-state index in [0.717, 1.165) is 5.69 Å². The number of carbonyl (C=O) groups is 2. The molecule has 2 heterocycles. The number of carboxylic acids is 1. The van der Waals surface area contributed by atoms with Gasteiger partial charge in [-0.15, -0.1) is 5.10 Å². The molecule has 2 atom stereocenters. The molecule has 132 valence electrons. The van der Waals surface area contributed by atoms with Gasteiger partial charge in [-0.3, -0.25) is 9.59 Å². The molecule has 1 aromatic carbocycles. The first kappa shape index (κ1) is 17.4. The van der Waals surface area contributed by atoms with E-state index in [1.54, 1.807) is 34.7 Å². The van der Waals surface area contributed by atoms with Crippen molar-refractivity contribution in [2.75, 3.05) is 6.54 Å². The van der Waals surface area contributed by atoms with Gasteiger partial charge in [0.15, 0.2) is 5.69 Å². The zero-order valence-corrected chi connectivity index (χ0v) is 14.8. The van der Waals surface area contributed by atoms with Gasteiger partial charge in [0.2, 0.25) is 0 Å². The molecule has 0 spiro atoms. The Labute approximate surface area is 150 Å². The SMILES string of the molecule is CCc1c(C(=O)N2CCC(C(=O)O)C2C)nnn1-c1cccc(Cl)c1. The first-order valence-electron chi connectivity index (χ1n) is 8.18. The van der Waals surface area contributed by atoms with Crippen molar-refractivity contribution in [3.05, 3.63) is 40.7 Å². The third kappa shape index (κ3) is 3.11. The van der Waals surface area contributed by atoms with E-state index in [0.29, 0.717) is 30.1 Å². The van der Waals surface area contributed by atoms with E-state index in [-0.39, 0.29) is 17.6 Å². The molecular formula is C17H19ClN4O3. The number of carbonyl (C=O) groups excluding carboxylic acids is 1. The summed E-state index contributed by atoms with van der Waals surface area (Å²) in [4.78, 5) is 25.8. The van der Waals surface area contributed by atoms with Crippen molar-refractivity contribution in [1.82, 2.24) is 19.9 Å². The van der Waals surface area contributed by atoms with Gasteiger partial charge in [0, 0.05) is 17.6 Å². The van der Waals surface area contributed by atoms with Crippen LogP contribution < -0.4 is 0 Å². The predicted octanol–water partition coefficient (Wildman–Crippen LogP) is 2.42. The number of benzene rings is 1. The summed E-state index contributed by atoms with van der Waals surface area (Å²) in [6, 6.07) is 6.79. The summed E-state index contributed by atoms with van der Waals surface area (Å²) in [6.07, 6.45) is 1.01. The summed E-state index contributed by atoms with van der Waals surface area (Å²) in [5.74, 6) is -1.69. The second-order valence-corrected chi connectivity index (χ2v) is 6.54. The highest BCUT2D eigenvalue weighted by molar-refractivity contribution is 6.30. The molecule has 0 saturated carbocycles. The molecule has 0 bridgehead atoms. The van der Waals surface area contributed by atoms with Crippen LogP contribution in [0.1, 0.15) is 36.5 Å². The summed E-state index contributed by atoms with van der Waals surface area (Å²) in [7, 11) is 0. The van der Waals surface area contributed by atoms with Gasteiger partial charge in [0.25, 0.3) is 5.91 Å². The minimum atomic E-state index is -0.874. The molecule has 25 heavy (non-hydrogen) atoms. The Kier molecular flexibility index (Phi) is 4.76. The maximum Gasteiger partial charge on any atom is 0.308 e. The standard InChI is InChI=1S/C17H19ClN4O3/c1-3-14-15(16(23)21-8-7-13(10(21)2)17(24)25)19-20-22(14)12-6-4-5-11(18)9-12/h4-6,9-10,13H,3,7-8H2,1-2H3,(H,24,25). The van der Waals surface area contributed by atoms with Crippen LogP contribution in [0.25, 0.3) is 5.69 Å². The fourth-order valence-electron chi connectivity index (χ4n) is 3.29. The van der Waals surface area contributed by atoms with Crippen LogP contribution in [0.5, 0.6) is 0 Å². The Bertz CT molecular complexity index is 820. The highest BCUT2D eigenvalue weighted by Crippen LogP contribution is 2.27. The molecule has 1 N–H and O–H groups in total. The first-order valence-corrected chi connectivity index (χ1v) is 8.56. The normalized spacial score (nSPS) is 20.0. The Hall–Kier alpha value is -2.41. The van der Waals surface area contributed by atoms with E-state index in [4.69, 9.17) is 11.6 Å². The summed E-state index contributed by atoms with van der Waals surface area (Å²) < 4.78 is 1.61. The van der Waals surface area contributed by atoms with E-state index < -0.39 is 11.9 Å². The Morgan fingerprint density at radius 3 is 2.76 bits per heavy atom. The van der Waals surface area contributed by atoms with Gasteiger partial charge in [-0.05, 0) is 38.0 Å². The van der Waals surface area contributed by atoms with Crippen LogP contribution in [0, 0.1) is 5.92 Å². The average molecular weight is 363 g/mol. The summed E-state index contributed by atoms with van der Waals surface area (Å²) in [5, 5.41) is 18.0. The largest absolute Gasteiger partial charge is 0.481 e. The summed E-state index contributed by atoms with van der Waals surface area (Å²) in [6.45, 7) is 4.09. The number of nitrogens with zero attached hydrogens (tertiary/aromatic N) is 4. The van der Waals surface area contributed by atoms with Crippen LogP contribution in [0.15, 0.2) is 24.3 Å². The zero-order chi connectivity index (χ0) is 18.1. The lowest BCUT2D eigenvalue weighted by molar-refractivity contribution is -0.142. The van der Waals surface area contributed by atoms with E-state index >= 15 is 0 Å². The lowest BCUT2D eigenvalue weighted by Crippen LogP contribution is -2.38. The van der Waals surface area contributed by atoms with E-state index in [1.807, 2.05) is 13.0 Å². The molecule has 1 fully saturated rings. The van der Waals surface area contributed by atoms with Gasteiger partial charge >= 0.3 is 5.97 Å². The Balaban J connectivity index is 1.93. The molecule has 1 saturated heterocycles. The lowest BCUT2D eigenvalue weighted by Gasteiger charge is -2.22. The molecule has 2 aromatic rings. The van der Waals surface area contributed by atoms with Gasteiger partial charge in [-0.1, -0.05) is 29.8 Å². The Morgan fingerprint density at radius 1 is 1.40 bits per heavy atom. The zero-order valence-electron chi connectivity index (χ0n) is 14.0. The fourth-order valence-corrected chi connectivity index (χ4v) is 3.48. The van der Waals surface area contributed by atoms with Crippen LogP contribution in [-0.4, -0.2) is 49.5 Å². The predicted molar refractivity (Wildman–Crippen MR) is 92.0 cm³/mol. The maximum absolute atomic E-state index is 12.9. The van der Waals surface area contributed by atoms with Gasteiger partial charge in [0.1, 0.15) is 0 Å². The highest BCUT2D eigenvalue weighted by Gasteiger charge is 2.39. The number of halogens is 1. The van der Waals surface area contributed by atoms with Gasteiger partial charge in [-0.25, -0.2) is 4.68 Å². The van der Waals surface area contributed by atoms with Crippen molar-refractivity contribution < 1.29 is 14.7 Å². The average Bonchev–Trinajstić information content (AvgIpc) is 3.17. The second kappa shape index (κ2) is 6.84. The molecule has 8 heteroatoms. The van der Waals surface area contributed by atoms with Crippen LogP contribution in [0.2, 0.25) is 5.02 Å². The molecule has 3 rings (SSSR count). The smallest absolute Gasteiger partial charge is 0.308 e. The monoisotopic (exact) mass is 362 g/mol. The molecule has 1 aromatic heterocycles. The number of hydrogen-bond donors (Lipinski definition) is 1. The van der Waals surface area contributed by atoms with E-state index in [9.17, 15) is 14.7 Å². The fraction of sp³-hybridized carbons (Fsp3) is 0.412. The maximum atomic E-state index is 12.9. The summed E-state index contributed by atoms with van der Waals surface area (Å²) in [5.41, 5.74) is 1.67. The Morgan fingerprint density at radius 2 is 2.16 bits per heavy atom.